The molecule has 0 aliphatic rings. The second kappa shape index (κ2) is 5.30. The predicted octanol–water partition coefficient (Wildman–Crippen LogP) is 2.40. The van der Waals surface area contributed by atoms with Gasteiger partial charge in [-0.3, -0.25) is 4.68 Å². The highest BCUT2D eigenvalue weighted by atomic mass is 79.9. The first-order chi connectivity index (χ1) is 9.63. The van der Waals surface area contributed by atoms with Crippen LogP contribution in [0.25, 0.3) is 10.9 Å². The lowest BCUT2D eigenvalue weighted by Crippen LogP contribution is -2.06. The first kappa shape index (κ1) is 13.2. The average Bonchev–Trinajstić information content (AvgIpc) is 2.83. The van der Waals surface area contributed by atoms with Gasteiger partial charge in [0.1, 0.15) is 6.10 Å². The van der Waals surface area contributed by atoms with E-state index in [0.29, 0.717) is 12.1 Å². The fourth-order valence-electron chi connectivity index (χ4n) is 2.12. The van der Waals surface area contributed by atoms with Crippen molar-refractivity contribution in [3.63, 3.8) is 0 Å². The van der Waals surface area contributed by atoms with E-state index >= 15 is 0 Å². The third-order valence-corrected chi connectivity index (χ3v) is 3.71. The third-order valence-electron chi connectivity index (χ3n) is 3.07. The van der Waals surface area contributed by atoms with Gasteiger partial charge in [-0.1, -0.05) is 23.4 Å². The highest BCUT2D eigenvalue weighted by Crippen LogP contribution is 2.27. The summed E-state index contributed by atoms with van der Waals surface area (Å²) >= 11 is 3.47. The molecule has 1 atom stereocenters. The molecule has 1 N–H and O–H groups in total. The molecule has 6 heteroatoms. The Morgan fingerprint density at radius 2 is 2.15 bits per heavy atom. The summed E-state index contributed by atoms with van der Waals surface area (Å²) in [5, 5.41) is 19.2. The fourth-order valence-corrected chi connectivity index (χ4v) is 2.72. The molecular weight excluding hydrogens is 320 g/mol. The molecule has 2 aromatic heterocycles. The van der Waals surface area contributed by atoms with Crippen LogP contribution < -0.4 is 0 Å². The highest BCUT2D eigenvalue weighted by molar-refractivity contribution is 9.10. The van der Waals surface area contributed by atoms with Gasteiger partial charge in [0.15, 0.2) is 0 Å². The summed E-state index contributed by atoms with van der Waals surface area (Å²) in [6.07, 6.45) is 1.46. The molecule has 0 fully saturated rings. The van der Waals surface area contributed by atoms with Gasteiger partial charge in [0, 0.05) is 29.5 Å². The number of rotatable bonds is 3. The number of fused-ring (bicyclic) bond motifs is 1. The lowest BCUT2D eigenvalue weighted by molar-refractivity contribution is 0.172. The lowest BCUT2D eigenvalue weighted by Gasteiger charge is -2.11. The molecule has 1 aromatic carbocycles. The van der Waals surface area contributed by atoms with Gasteiger partial charge in [0.25, 0.3) is 0 Å². The Labute approximate surface area is 124 Å². The number of nitrogens with zero attached hydrogens (tertiary/aromatic N) is 4. The van der Waals surface area contributed by atoms with Gasteiger partial charge in [0.05, 0.1) is 16.9 Å². The number of para-hydroxylation sites is 1. The Balaban J connectivity index is 1.94. The largest absolute Gasteiger partial charge is 0.386 e. The first-order valence-electron chi connectivity index (χ1n) is 6.22. The van der Waals surface area contributed by atoms with Gasteiger partial charge < -0.3 is 5.11 Å². The molecule has 1 unspecified atom stereocenters. The highest BCUT2D eigenvalue weighted by Gasteiger charge is 2.16. The van der Waals surface area contributed by atoms with Crippen LogP contribution in [0.1, 0.15) is 17.5 Å². The molecular formula is C14H13BrN4O. The number of benzene rings is 1. The van der Waals surface area contributed by atoms with E-state index < -0.39 is 6.10 Å². The van der Waals surface area contributed by atoms with E-state index in [2.05, 4.69) is 31.2 Å². The molecule has 3 rings (SSSR count). The Morgan fingerprint density at radius 3 is 2.90 bits per heavy atom. The van der Waals surface area contributed by atoms with Crippen molar-refractivity contribution >= 4 is 26.8 Å². The Bertz CT molecular complexity index is 756. The maximum absolute atomic E-state index is 10.4. The van der Waals surface area contributed by atoms with Gasteiger partial charge in [-0.05, 0) is 28.1 Å². The van der Waals surface area contributed by atoms with Crippen LogP contribution >= 0.6 is 15.9 Å². The number of hydrogen-bond donors (Lipinski definition) is 1. The monoisotopic (exact) mass is 332 g/mol. The summed E-state index contributed by atoms with van der Waals surface area (Å²) in [4.78, 5) is 4.53. The van der Waals surface area contributed by atoms with Crippen molar-refractivity contribution in [3.05, 3.63) is 52.4 Å². The first-order valence-corrected chi connectivity index (χ1v) is 7.01. The SMILES string of the molecule is Cn1cc(CC(O)c2nc3ccccc3cc2Br)nn1. The minimum Gasteiger partial charge on any atom is -0.386 e. The average molecular weight is 333 g/mol. The van der Waals surface area contributed by atoms with Crippen molar-refractivity contribution in [2.45, 2.75) is 12.5 Å². The zero-order valence-electron chi connectivity index (χ0n) is 10.9. The number of aliphatic hydroxyl groups excluding tert-OH is 1. The maximum atomic E-state index is 10.4. The summed E-state index contributed by atoms with van der Waals surface area (Å²) in [5.74, 6) is 0. The molecule has 0 saturated carbocycles. The van der Waals surface area contributed by atoms with Gasteiger partial charge in [-0.15, -0.1) is 5.10 Å². The molecule has 20 heavy (non-hydrogen) atoms. The number of aryl methyl sites for hydroxylation is 1. The normalized spacial score (nSPS) is 12.8. The molecule has 0 radical (unpaired) electrons. The van der Waals surface area contributed by atoms with Gasteiger partial charge in [-0.25, -0.2) is 4.98 Å². The van der Waals surface area contributed by atoms with E-state index in [1.54, 1.807) is 17.9 Å². The van der Waals surface area contributed by atoms with E-state index in [-0.39, 0.29) is 0 Å². The molecule has 0 saturated heterocycles. The quantitative estimate of drug-likeness (QED) is 0.799. The summed E-state index contributed by atoms with van der Waals surface area (Å²) in [6, 6.07) is 9.79. The molecule has 0 bridgehead atoms. The van der Waals surface area contributed by atoms with Crippen LogP contribution in [0.3, 0.4) is 0 Å². The number of pyridine rings is 1. The van der Waals surface area contributed by atoms with Crippen molar-refractivity contribution in [2.24, 2.45) is 7.05 Å². The van der Waals surface area contributed by atoms with Gasteiger partial charge >= 0.3 is 0 Å². The molecule has 3 aromatic rings. The van der Waals surface area contributed by atoms with Crippen molar-refractivity contribution in [1.29, 1.82) is 0 Å². The van der Waals surface area contributed by atoms with Crippen LogP contribution in [0.4, 0.5) is 0 Å². The Hall–Kier alpha value is -1.79. The van der Waals surface area contributed by atoms with E-state index in [9.17, 15) is 5.11 Å². The third kappa shape index (κ3) is 2.57. The minimum atomic E-state index is -0.717. The van der Waals surface area contributed by atoms with E-state index in [0.717, 1.165) is 21.1 Å². The second-order valence-corrected chi connectivity index (χ2v) is 5.51. The van der Waals surface area contributed by atoms with Crippen LogP contribution in [0, 0.1) is 0 Å². The molecule has 0 spiro atoms. The fraction of sp³-hybridized carbons (Fsp3) is 0.214. The van der Waals surface area contributed by atoms with Crippen molar-refractivity contribution in [3.8, 4) is 0 Å². The lowest BCUT2D eigenvalue weighted by atomic mass is 10.1. The molecule has 0 amide bonds. The van der Waals surface area contributed by atoms with Crippen molar-refractivity contribution in [2.75, 3.05) is 0 Å². The van der Waals surface area contributed by atoms with Gasteiger partial charge in [-0.2, -0.15) is 0 Å². The van der Waals surface area contributed by atoms with Crippen LogP contribution in [0.5, 0.6) is 0 Å². The number of halogens is 1. The molecule has 5 nitrogen and oxygen atoms in total. The van der Waals surface area contributed by atoms with Crippen molar-refractivity contribution in [1.82, 2.24) is 20.0 Å². The predicted molar refractivity (Wildman–Crippen MR) is 79.1 cm³/mol. The van der Waals surface area contributed by atoms with E-state index in [1.807, 2.05) is 30.3 Å². The molecule has 102 valence electrons. The molecule has 0 aliphatic heterocycles. The number of aliphatic hydroxyl groups is 1. The Kier molecular flexibility index (Phi) is 3.50. The van der Waals surface area contributed by atoms with Crippen molar-refractivity contribution < 1.29 is 5.11 Å². The zero-order chi connectivity index (χ0) is 14.1. The topological polar surface area (TPSA) is 63.8 Å². The summed E-state index contributed by atoms with van der Waals surface area (Å²) in [5.41, 5.74) is 2.22. The van der Waals surface area contributed by atoms with Crippen LogP contribution in [0.15, 0.2) is 41.0 Å². The minimum absolute atomic E-state index is 0.387. The standard InChI is InChI=1S/C14H13BrN4O/c1-19-8-10(17-18-19)7-13(20)14-11(15)6-9-4-2-3-5-12(9)16-14/h2-6,8,13,20H,7H2,1H3. The summed E-state index contributed by atoms with van der Waals surface area (Å²) < 4.78 is 2.41. The van der Waals surface area contributed by atoms with Crippen LogP contribution in [-0.4, -0.2) is 25.1 Å². The maximum Gasteiger partial charge on any atom is 0.103 e. The Morgan fingerprint density at radius 1 is 1.35 bits per heavy atom. The number of aromatic nitrogens is 4. The smallest absolute Gasteiger partial charge is 0.103 e. The van der Waals surface area contributed by atoms with E-state index in [4.69, 9.17) is 0 Å². The number of hydrogen-bond acceptors (Lipinski definition) is 4. The molecule has 0 aliphatic carbocycles. The second-order valence-electron chi connectivity index (χ2n) is 4.65. The summed E-state index contributed by atoms with van der Waals surface area (Å²) in [7, 11) is 1.80. The molecule has 2 heterocycles. The zero-order valence-corrected chi connectivity index (χ0v) is 12.4. The summed E-state index contributed by atoms with van der Waals surface area (Å²) in [6.45, 7) is 0. The van der Waals surface area contributed by atoms with E-state index in [1.165, 1.54) is 0 Å². The van der Waals surface area contributed by atoms with Crippen LogP contribution in [0.2, 0.25) is 0 Å². The van der Waals surface area contributed by atoms with Crippen LogP contribution in [-0.2, 0) is 13.5 Å². The van der Waals surface area contributed by atoms with Gasteiger partial charge in [0.2, 0.25) is 0 Å².